The lowest BCUT2D eigenvalue weighted by atomic mass is 10.1. The number of hydrogen-bond acceptors (Lipinski definition) is 3. The van der Waals surface area contributed by atoms with Gasteiger partial charge in [-0.25, -0.2) is 0 Å². The molecule has 3 aromatic carbocycles. The van der Waals surface area contributed by atoms with Crippen LogP contribution in [0.3, 0.4) is 0 Å². The summed E-state index contributed by atoms with van der Waals surface area (Å²) in [6.45, 7) is 0. The Morgan fingerprint density at radius 1 is 0.760 bits per heavy atom. The van der Waals surface area contributed by atoms with Crippen LogP contribution in [0, 0.1) is 0 Å². The number of hydrogen-bond donors (Lipinski definition) is 2. The van der Waals surface area contributed by atoms with Crippen LogP contribution in [0.15, 0.2) is 95.6 Å². The molecule has 0 heterocycles. The fourth-order valence-corrected chi connectivity index (χ4v) is 2.53. The van der Waals surface area contributed by atoms with E-state index in [1.807, 2.05) is 66.7 Å². The second-order valence-electron chi connectivity index (χ2n) is 5.42. The van der Waals surface area contributed by atoms with Crippen LogP contribution in [0.5, 0.6) is 0 Å². The summed E-state index contributed by atoms with van der Waals surface area (Å²) in [7, 11) is 0. The molecule has 124 valence electrons. The van der Waals surface area contributed by atoms with E-state index in [4.69, 9.17) is 0 Å². The quantitative estimate of drug-likeness (QED) is 0.399. The molecule has 0 aliphatic heterocycles. The second-order valence-corrected chi connectivity index (χ2v) is 6.33. The van der Waals surface area contributed by atoms with Gasteiger partial charge in [-0.3, -0.25) is 4.79 Å². The third-order valence-electron chi connectivity index (χ3n) is 3.56. The van der Waals surface area contributed by atoms with Crippen LogP contribution in [-0.2, 0) is 0 Å². The molecule has 0 aliphatic rings. The minimum Gasteiger partial charge on any atom is -0.362 e. The molecule has 0 saturated carbocycles. The molecule has 4 heteroatoms. The second kappa shape index (κ2) is 8.31. The first-order valence-electron chi connectivity index (χ1n) is 7.86. The summed E-state index contributed by atoms with van der Waals surface area (Å²) in [5.41, 5.74) is 3.62. The van der Waals surface area contributed by atoms with E-state index in [-0.39, 0.29) is 5.78 Å². The van der Waals surface area contributed by atoms with Crippen molar-refractivity contribution in [1.82, 2.24) is 0 Å². The van der Waals surface area contributed by atoms with Gasteiger partial charge in [0.15, 0.2) is 5.78 Å². The molecule has 0 bridgehead atoms. The maximum absolute atomic E-state index is 12.1. The maximum atomic E-state index is 12.1. The van der Waals surface area contributed by atoms with Crippen molar-refractivity contribution >= 4 is 38.8 Å². The Morgan fingerprint density at radius 3 is 2.04 bits per heavy atom. The van der Waals surface area contributed by atoms with Crippen molar-refractivity contribution in [3.8, 4) is 0 Å². The first kappa shape index (κ1) is 17.0. The van der Waals surface area contributed by atoms with Crippen molar-refractivity contribution < 1.29 is 4.79 Å². The van der Waals surface area contributed by atoms with Crippen LogP contribution in [0.1, 0.15) is 10.4 Å². The number of allylic oxidation sites excluding steroid dienone is 1. The van der Waals surface area contributed by atoms with Crippen LogP contribution in [0.4, 0.5) is 17.1 Å². The molecule has 0 aromatic heterocycles. The number of carbonyl (C=O) groups is 1. The molecule has 0 aliphatic carbocycles. The van der Waals surface area contributed by atoms with Gasteiger partial charge < -0.3 is 10.6 Å². The lowest BCUT2D eigenvalue weighted by molar-refractivity contribution is 0.104. The van der Waals surface area contributed by atoms with Crippen molar-refractivity contribution in [2.45, 2.75) is 0 Å². The van der Waals surface area contributed by atoms with Gasteiger partial charge in [0.05, 0.1) is 0 Å². The molecule has 0 saturated heterocycles. The van der Waals surface area contributed by atoms with E-state index < -0.39 is 0 Å². The summed E-state index contributed by atoms with van der Waals surface area (Å²) in [5.74, 6) is -0.0395. The van der Waals surface area contributed by atoms with Crippen LogP contribution in [-0.4, -0.2) is 5.78 Å². The van der Waals surface area contributed by atoms with E-state index in [0.29, 0.717) is 5.56 Å². The lowest BCUT2D eigenvalue weighted by Gasteiger charge is -2.07. The van der Waals surface area contributed by atoms with E-state index in [1.54, 1.807) is 18.3 Å². The highest BCUT2D eigenvalue weighted by Gasteiger charge is 2.00. The Morgan fingerprint density at radius 2 is 1.36 bits per heavy atom. The Balaban J connectivity index is 1.56. The minimum absolute atomic E-state index is 0.0395. The van der Waals surface area contributed by atoms with Gasteiger partial charge in [-0.15, -0.1) is 0 Å². The zero-order valence-electron chi connectivity index (χ0n) is 13.4. The predicted molar refractivity (Wildman–Crippen MR) is 107 cm³/mol. The van der Waals surface area contributed by atoms with Crippen LogP contribution in [0.2, 0.25) is 0 Å². The lowest BCUT2D eigenvalue weighted by Crippen LogP contribution is -1.96. The number of benzene rings is 3. The third kappa shape index (κ3) is 5.06. The Kier molecular flexibility index (Phi) is 5.65. The topological polar surface area (TPSA) is 41.1 Å². The van der Waals surface area contributed by atoms with Crippen molar-refractivity contribution in [2.24, 2.45) is 0 Å². The molecule has 0 fully saturated rings. The first-order valence-corrected chi connectivity index (χ1v) is 8.65. The van der Waals surface area contributed by atoms with Gasteiger partial charge in [-0.1, -0.05) is 34.1 Å². The highest BCUT2D eigenvalue weighted by Crippen LogP contribution is 2.18. The van der Waals surface area contributed by atoms with Crippen molar-refractivity contribution in [3.05, 3.63) is 101 Å². The largest absolute Gasteiger partial charge is 0.362 e. The molecule has 0 atom stereocenters. The minimum atomic E-state index is -0.0395. The number of anilines is 3. The van der Waals surface area contributed by atoms with E-state index >= 15 is 0 Å². The molecule has 3 nitrogen and oxygen atoms in total. The van der Waals surface area contributed by atoms with Gasteiger partial charge >= 0.3 is 0 Å². The summed E-state index contributed by atoms with van der Waals surface area (Å²) in [6, 6.07) is 25.2. The van der Waals surface area contributed by atoms with Crippen LogP contribution >= 0.6 is 15.9 Å². The van der Waals surface area contributed by atoms with Crippen LogP contribution < -0.4 is 10.6 Å². The molecule has 2 N–H and O–H groups in total. The number of rotatable bonds is 6. The zero-order valence-corrected chi connectivity index (χ0v) is 15.0. The van der Waals surface area contributed by atoms with E-state index in [1.165, 1.54) is 6.08 Å². The molecular formula is C21H17BrN2O. The van der Waals surface area contributed by atoms with Gasteiger partial charge in [0.2, 0.25) is 0 Å². The van der Waals surface area contributed by atoms with Gasteiger partial charge in [0.25, 0.3) is 0 Å². The molecular weight excluding hydrogens is 376 g/mol. The molecule has 25 heavy (non-hydrogen) atoms. The summed E-state index contributed by atoms with van der Waals surface area (Å²) >= 11 is 3.36. The van der Waals surface area contributed by atoms with Gasteiger partial charge in [0.1, 0.15) is 0 Å². The first-order chi connectivity index (χ1) is 12.2. The summed E-state index contributed by atoms with van der Waals surface area (Å²) in [5, 5.41) is 6.44. The number of halogens is 1. The highest BCUT2D eigenvalue weighted by atomic mass is 79.9. The molecule has 0 unspecified atom stereocenters. The van der Waals surface area contributed by atoms with E-state index in [0.717, 1.165) is 21.5 Å². The SMILES string of the molecule is O=C(/C=C/Nc1ccc(Nc2ccccc2)cc1)c1ccc(Br)cc1. The van der Waals surface area contributed by atoms with Gasteiger partial charge in [-0.05, 0) is 60.7 Å². The normalized spacial score (nSPS) is 10.6. The van der Waals surface area contributed by atoms with Gasteiger partial charge in [0, 0.05) is 39.4 Å². The standard InChI is InChI=1S/C21H17BrN2O/c22-17-8-6-16(7-9-17)21(25)14-15-23-18-10-12-20(13-11-18)24-19-4-2-1-3-5-19/h1-15,23-24H/b15-14+. The monoisotopic (exact) mass is 392 g/mol. The number of nitrogens with one attached hydrogen (secondary N) is 2. The number of ketones is 1. The summed E-state index contributed by atoms with van der Waals surface area (Å²) < 4.78 is 0.954. The Bertz CT molecular complexity index is 857. The molecule has 3 aromatic rings. The third-order valence-corrected chi connectivity index (χ3v) is 4.09. The fourth-order valence-electron chi connectivity index (χ4n) is 2.26. The average molecular weight is 393 g/mol. The molecule has 3 rings (SSSR count). The fraction of sp³-hybridized carbons (Fsp3) is 0. The molecule has 0 radical (unpaired) electrons. The Labute approximate surface area is 155 Å². The highest BCUT2D eigenvalue weighted by molar-refractivity contribution is 9.10. The van der Waals surface area contributed by atoms with E-state index in [9.17, 15) is 4.79 Å². The summed E-state index contributed by atoms with van der Waals surface area (Å²) in [4.78, 5) is 12.1. The zero-order chi connectivity index (χ0) is 17.5. The molecule has 0 amide bonds. The predicted octanol–water partition coefficient (Wildman–Crippen LogP) is 6.00. The average Bonchev–Trinajstić information content (AvgIpc) is 2.64. The maximum Gasteiger partial charge on any atom is 0.187 e. The van der Waals surface area contributed by atoms with Crippen molar-refractivity contribution in [1.29, 1.82) is 0 Å². The smallest absolute Gasteiger partial charge is 0.187 e. The van der Waals surface area contributed by atoms with Crippen molar-refractivity contribution in [2.75, 3.05) is 10.6 Å². The number of carbonyl (C=O) groups excluding carboxylic acids is 1. The molecule has 0 spiro atoms. The van der Waals surface area contributed by atoms with Crippen molar-refractivity contribution in [3.63, 3.8) is 0 Å². The van der Waals surface area contributed by atoms with Crippen LogP contribution in [0.25, 0.3) is 0 Å². The van der Waals surface area contributed by atoms with Gasteiger partial charge in [-0.2, -0.15) is 0 Å². The Hall–Kier alpha value is -2.85. The number of para-hydroxylation sites is 1. The summed E-state index contributed by atoms with van der Waals surface area (Å²) in [6.07, 6.45) is 3.18. The van der Waals surface area contributed by atoms with E-state index in [2.05, 4.69) is 26.6 Å².